The minimum atomic E-state index is -0.745. The van der Waals surface area contributed by atoms with Crippen LogP contribution in [0.1, 0.15) is 26.3 Å². The Labute approximate surface area is 88.5 Å². The van der Waals surface area contributed by atoms with Crippen molar-refractivity contribution in [1.29, 1.82) is 0 Å². The smallest absolute Gasteiger partial charge is 0.303 e. The topological polar surface area (TPSA) is 37.3 Å². The van der Waals surface area contributed by atoms with Crippen molar-refractivity contribution in [1.82, 2.24) is 0 Å². The van der Waals surface area contributed by atoms with Crippen LogP contribution in [0.2, 0.25) is 0 Å². The van der Waals surface area contributed by atoms with Crippen molar-refractivity contribution in [2.45, 2.75) is 27.7 Å². The quantitative estimate of drug-likeness (QED) is 0.696. The Bertz CT molecular complexity index is 222. The van der Waals surface area contributed by atoms with Crippen molar-refractivity contribution in [3.8, 4) is 0 Å². The van der Waals surface area contributed by atoms with Crippen molar-refractivity contribution < 1.29 is 9.90 Å². The molecule has 0 saturated carbocycles. The van der Waals surface area contributed by atoms with Crippen LogP contribution in [0.3, 0.4) is 0 Å². The van der Waals surface area contributed by atoms with Gasteiger partial charge in [0.05, 0.1) is 0 Å². The summed E-state index contributed by atoms with van der Waals surface area (Å²) < 4.78 is 0. The Kier molecular flexibility index (Phi) is 15.6. The lowest BCUT2D eigenvalue weighted by molar-refractivity contribution is -0.136. The van der Waals surface area contributed by atoms with Gasteiger partial charge in [0, 0.05) is 14.8 Å². The molecule has 3 radical (unpaired) electrons. The molecule has 1 N–H and O–H groups in total. The molecule has 0 fully saturated rings. The van der Waals surface area contributed by atoms with Crippen LogP contribution in [0.4, 0.5) is 0 Å². The Hall–Kier alpha value is -1.25. The van der Waals surface area contributed by atoms with Crippen LogP contribution >= 0.6 is 0 Å². The lowest BCUT2D eigenvalue weighted by Gasteiger charge is -1.82. The van der Waals surface area contributed by atoms with Gasteiger partial charge in [0.15, 0.2) is 0 Å². The number of aryl methyl sites for hydroxylation is 1. The summed E-state index contributed by atoms with van der Waals surface area (Å²) in [6.07, 6.45) is 0.222. The third kappa shape index (κ3) is 13.4. The molecule has 0 heterocycles. The molecule has 0 amide bonds. The molecule has 77 valence electrons. The molecule has 2 nitrogen and oxygen atoms in total. The predicted octanol–water partition coefficient (Wildman–Crippen LogP) is 2.73. The van der Waals surface area contributed by atoms with Crippen LogP contribution in [0.25, 0.3) is 0 Å². The molecular weight excluding hydrogens is 175 g/mol. The molecule has 0 aromatic heterocycles. The summed E-state index contributed by atoms with van der Waals surface area (Å²) in [4.78, 5) is 9.37. The molecule has 0 aliphatic carbocycles. The standard InChI is InChI=1S/C7H8.C3H6O2.CH4.B/c1-7-5-3-2-4-6-7;1-2-3(4)5;;/h2-6H,1H3;2H2,1H3,(H,4,5);1H4;. The van der Waals surface area contributed by atoms with E-state index in [1.807, 2.05) is 18.2 Å². The summed E-state index contributed by atoms with van der Waals surface area (Å²) in [7, 11) is 0. The number of hydrogen-bond donors (Lipinski definition) is 1. The Balaban J connectivity index is -0.000000159. The fourth-order valence-electron chi connectivity index (χ4n) is 0.534. The minimum Gasteiger partial charge on any atom is -0.481 e. The van der Waals surface area contributed by atoms with Crippen LogP contribution in [-0.4, -0.2) is 19.5 Å². The van der Waals surface area contributed by atoms with Crippen LogP contribution in [0.15, 0.2) is 30.3 Å². The SMILES string of the molecule is C.CCC(=O)O.Cc1ccccc1.[B]. The fraction of sp³-hybridized carbons (Fsp3) is 0.364. The van der Waals surface area contributed by atoms with Crippen molar-refractivity contribution in [2.24, 2.45) is 0 Å². The molecule has 0 spiro atoms. The first kappa shape index (κ1) is 18.5. The fourth-order valence-corrected chi connectivity index (χ4v) is 0.534. The number of carboxylic acid groups (broad SMARTS) is 1. The molecular formula is C11H18BO2. The van der Waals surface area contributed by atoms with Gasteiger partial charge < -0.3 is 5.11 Å². The molecule has 0 bridgehead atoms. The highest BCUT2D eigenvalue weighted by molar-refractivity contribution is 5.75. The van der Waals surface area contributed by atoms with E-state index >= 15 is 0 Å². The zero-order chi connectivity index (χ0) is 9.40. The van der Waals surface area contributed by atoms with Crippen molar-refractivity contribution >= 4 is 14.4 Å². The third-order valence-corrected chi connectivity index (χ3v) is 1.24. The van der Waals surface area contributed by atoms with E-state index in [9.17, 15) is 4.79 Å². The van der Waals surface area contributed by atoms with Crippen LogP contribution in [0.5, 0.6) is 0 Å². The highest BCUT2D eigenvalue weighted by Gasteiger charge is 1.80. The molecule has 0 aliphatic heterocycles. The number of hydrogen-bond acceptors (Lipinski definition) is 1. The van der Waals surface area contributed by atoms with Gasteiger partial charge in [-0.25, -0.2) is 0 Å². The van der Waals surface area contributed by atoms with Crippen LogP contribution < -0.4 is 0 Å². The third-order valence-electron chi connectivity index (χ3n) is 1.24. The second kappa shape index (κ2) is 11.8. The second-order valence-corrected chi connectivity index (χ2v) is 2.40. The zero-order valence-electron chi connectivity index (χ0n) is 8.03. The highest BCUT2D eigenvalue weighted by Crippen LogP contribution is 1.92. The van der Waals surface area contributed by atoms with Gasteiger partial charge in [0.2, 0.25) is 0 Å². The summed E-state index contributed by atoms with van der Waals surface area (Å²) in [6, 6.07) is 10.3. The molecule has 0 atom stereocenters. The van der Waals surface area contributed by atoms with Gasteiger partial charge in [-0.05, 0) is 6.92 Å². The van der Waals surface area contributed by atoms with E-state index in [1.165, 1.54) is 5.56 Å². The van der Waals surface area contributed by atoms with Crippen molar-refractivity contribution in [3.05, 3.63) is 35.9 Å². The maximum Gasteiger partial charge on any atom is 0.303 e. The normalized spacial score (nSPS) is 7.00. The number of carboxylic acids is 1. The van der Waals surface area contributed by atoms with Crippen LogP contribution in [-0.2, 0) is 4.79 Å². The average molecular weight is 193 g/mol. The maximum atomic E-state index is 9.37. The van der Waals surface area contributed by atoms with Gasteiger partial charge in [0.1, 0.15) is 0 Å². The van der Waals surface area contributed by atoms with Gasteiger partial charge in [0.25, 0.3) is 0 Å². The number of rotatable bonds is 1. The number of carbonyl (C=O) groups is 1. The van der Waals surface area contributed by atoms with E-state index in [0.29, 0.717) is 0 Å². The molecule has 3 heteroatoms. The number of aliphatic carboxylic acids is 1. The van der Waals surface area contributed by atoms with Gasteiger partial charge in [-0.15, -0.1) is 0 Å². The van der Waals surface area contributed by atoms with Crippen molar-refractivity contribution in [3.63, 3.8) is 0 Å². The van der Waals surface area contributed by atoms with Crippen molar-refractivity contribution in [2.75, 3.05) is 0 Å². The summed E-state index contributed by atoms with van der Waals surface area (Å²) in [5, 5.41) is 7.72. The molecule has 0 aliphatic rings. The predicted molar refractivity (Wildman–Crippen MR) is 61.6 cm³/mol. The first-order valence-electron chi connectivity index (χ1n) is 3.90. The molecule has 0 unspecified atom stereocenters. The highest BCUT2D eigenvalue weighted by atomic mass is 16.4. The van der Waals surface area contributed by atoms with E-state index in [4.69, 9.17) is 5.11 Å². The lowest BCUT2D eigenvalue weighted by Crippen LogP contribution is -1.86. The summed E-state index contributed by atoms with van der Waals surface area (Å²) in [6.45, 7) is 3.68. The molecule has 1 rings (SSSR count). The van der Waals surface area contributed by atoms with Gasteiger partial charge in [-0.1, -0.05) is 50.2 Å². The lowest BCUT2D eigenvalue weighted by atomic mass is 10.2. The van der Waals surface area contributed by atoms with Crippen LogP contribution in [0, 0.1) is 6.92 Å². The molecule has 14 heavy (non-hydrogen) atoms. The minimum absolute atomic E-state index is 0. The summed E-state index contributed by atoms with van der Waals surface area (Å²) in [5.41, 5.74) is 1.32. The molecule has 1 aromatic rings. The van der Waals surface area contributed by atoms with E-state index < -0.39 is 5.97 Å². The number of benzene rings is 1. The molecule has 1 aromatic carbocycles. The summed E-state index contributed by atoms with van der Waals surface area (Å²) in [5.74, 6) is -0.745. The van der Waals surface area contributed by atoms with E-state index in [2.05, 4.69) is 19.1 Å². The van der Waals surface area contributed by atoms with E-state index in [-0.39, 0.29) is 22.3 Å². The average Bonchev–Trinajstić information content (AvgIpc) is 2.07. The Morgan fingerprint density at radius 2 is 1.64 bits per heavy atom. The molecule has 0 saturated heterocycles. The van der Waals surface area contributed by atoms with Gasteiger partial charge in [-0.2, -0.15) is 0 Å². The first-order valence-corrected chi connectivity index (χ1v) is 3.90. The van der Waals surface area contributed by atoms with Gasteiger partial charge in [-0.3, -0.25) is 4.79 Å². The zero-order valence-corrected chi connectivity index (χ0v) is 8.03. The van der Waals surface area contributed by atoms with Gasteiger partial charge >= 0.3 is 5.97 Å². The Morgan fingerprint density at radius 1 is 1.29 bits per heavy atom. The Morgan fingerprint density at radius 3 is 1.79 bits per heavy atom. The maximum absolute atomic E-state index is 9.37. The largest absolute Gasteiger partial charge is 0.481 e. The van der Waals surface area contributed by atoms with E-state index in [1.54, 1.807) is 6.92 Å². The monoisotopic (exact) mass is 193 g/mol. The van der Waals surface area contributed by atoms with E-state index in [0.717, 1.165) is 0 Å². The second-order valence-electron chi connectivity index (χ2n) is 2.40. The first-order chi connectivity index (χ1) is 5.66. The summed E-state index contributed by atoms with van der Waals surface area (Å²) >= 11 is 0.